The van der Waals surface area contributed by atoms with Gasteiger partial charge in [-0.3, -0.25) is 4.99 Å². The maximum Gasteiger partial charge on any atom is 0.0784 e. The Kier molecular flexibility index (Phi) is 5.81. The molecule has 4 heteroatoms. The van der Waals surface area contributed by atoms with Gasteiger partial charge in [0, 0.05) is 24.7 Å². The van der Waals surface area contributed by atoms with Gasteiger partial charge in [-0.2, -0.15) is 0 Å². The predicted octanol–water partition coefficient (Wildman–Crippen LogP) is 1.95. The molecule has 0 amide bonds. The molecule has 1 rings (SSSR count). The van der Waals surface area contributed by atoms with Crippen LogP contribution in [0.15, 0.2) is 23.2 Å². The number of benzene rings is 1. The van der Waals surface area contributed by atoms with Crippen LogP contribution in [0.2, 0.25) is 10.0 Å². The highest BCUT2D eigenvalue weighted by atomic mass is 35.5. The molecular formula is C12H17Cl2N2+. The molecule has 0 radical (unpaired) electrons. The highest BCUT2D eigenvalue weighted by molar-refractivity contribution is 6.38. The van der Waals surface area contributed by atoms with Crippen molar-refractivity contribution in [3.05, 3.63) is 33.8 Å². The van der Waals surface area contributed by atoms with Crippen LogP contribution in [0.4, 0.5) is 0 Å². The van der Waals surface area contributed by atoms with Crippen molar-refractivity contribution in [1.82, 2.24) is 0 Å². The fourth-order valence-electron chi connectivity index (χ4n) is 1.31. The Bertz CT molecular complexity index is 342. The number of aliphatic imine (C=N–C) groups is 1. The molecule has 0 saturated carbocycles. The van der Waals surface area contributed by atoms with Crippen LogP contribution < -0.4 is 4.90 Å². The lowest BCUT2D eigenvalue weighted by molar-refractivity contribution is -0.858. The van der Waals surface area contributed by atoms with Crippen LogP contribution in [0.3, 0.4) is 0 Å². The highest BCUT2D eigenvalue weighted by Gasteiger charge is 2.01. The Morgan fingerprint density at radius 2 is 1.88 bits per heavy atom. The van der Waals surface area contributed by atoms with E-state index in [1.54, 1.807) is 6.21 Å². The summed E-state index contributed by atoms with van der Waals surface area (Å²) in [6.45, 7) is 1.93. The van der Waals surface area contributed by atoms with E-state index in [-0.39, 0.29) is 0 Å². The van der Waals surface area contributed by atoms with Gasteiger partial charge in [0.05, 0.1) is 30.7 Å². The lowest BCUT2D eigenvalue weighted by Crippen LogP contribution is -3.05. The fraction of sp³-hybridized carbons (Fsp3) is 0.417. The summed E-state index contributed by atoms with van der Waals surface area (Å²) >= 11 is 12.0. The first-order chi connectivity index (χ1) is 7.61. The normalized spacial score (nSPS) is 11.6. The Morgan fingerprint density at radius 1 is 1.25 bits per heavy atom. The third kappa shape index (κ3) is 4.52. The Balaban J connectivity index is 2.50. The van der Waals surface area contributed by atoms with Crippen molar-refractivity contribution in [2.75, 3.05) is 27.2 Å². The molecule has 0 heterocycles. The van der Waals surface area contributed by atoms with E-state index in [4.69, 9.17) is 23.2 Å². The summed E-state index contributed by atoms with van der Waals surface area (Å²) < 4.78 is 0. The topological polar surface area (TPSA) is 16.8 Å². The molecule has 0 aliphatic heterocycles. The monoisotopic (exact) mass is 259 g/mol. The second-order valence-corrected chi connectivity index (χ2v) is 4.80. The molecule has 1 aromatic carbocycles. The lowest BCUT2D eigenvalue weighted by atomic mass is 10.2. The number of quaternary nitrogens is 1. The molecule has 0 atom stereocenters. The molecular weight excluding hydrogens is 243 g/mol. The van der Waals surface area contributed by atoms with Crippen molar-refractivity contribution >= 4 is 29.4 Å². The molecule has 0 bridgehead atoms. The molecule has 2 nitrogen and oxygen atoms in total. The van der Waals surface area contributed by atoms with Gasteiger partial charge in [0.1, 0.15) is 0 Å². The largest absolute Gasteiger partial charge is 0.340 e. The van der Waals surface area contributed by atoms with E-state index in [0.29, 0.717) is 10.0 Å². The minimum absolute atomic E-state index is 0.648. The van der Waals surface area contributed by atoms with Crippen molar-refractivity contribution in [1.29, 1.82) is 0 Å². The van der Waals surface area contributed by atoms with Crippen molar-refractivity contribution in [2.45, 2.75) is 6.42 Å². The van der Waals surface area contributed by atoms with Crippen LogP contribution in [0.5, 0.6) is 0 Å². The SMILES string of the molecule is C[NH+](C)CCCN=Cc1c(Cl)cccc1Cl. The maximum absolute atomic E-state index is 6.01. The molecule has 0 spiro atoms. The zero-order valence-corrected chi connectivity index (χ0v) is 11.1. The second-order valence-electron chi connectivity index (χ2n) is 3.98. The standard InChI is InChI=1S/C12H16Cl2N2/c1-16(2)8-4-7-15-9-10-11(13)5-3-6-12(10)14/h3,5-6,9H,4,7-8H2,1-2H3/p+1. The lowest BCUT2D eigenvalue weighted by Gasteiger charge is -2.04. The van der Waals surface area contributed by atoms with Crippen LogP contribution in [0.25, 0.3) is 0 Å². The molecule has 0 unspecified atom stereocenters. The van der Waals surface area contributed by atoms with E-state index in [9.17, 15) is 0 Å². The van der Waals surface area contributed by atoms with E-state index in [1.165, 1.54) is 4.90 Å². The van der Waals surface area contributed by atoms with Gasteiger partial charge in [-0.25, -0.2) is 0 Å². The van der Waals surface area contributed by atoms with Crippen LogP contribution >= 0.6 is 23.2 Å². The third-order valence-electron chi connectivity index (χ3n) is 2.18. The van der Waals surface area contributed by atoms with Crippen LogP contribution in [-0.2, 0) is 0 Å². The average molecular weight is 260 g/mol. The van der Waals surface area contributed by atoms with E-state index >= 15 is 0 Å². The van der Waals surface area contributed by atoms with Gasteiger partial charge < -0.3 is 4.90 Å². The first-order valence-electron chi connectivity index (χ1n) is 5.34. The molecule has 1 N–H and O–H groups in total. The Labute approximate surface area is 107 Å². The number of hydrogen-bond donors (Lipinski definition) is 1. The molecule has 0 aliphatic rings. The summed E-state index contributed by atoms with van der Waals surface area (Å²) in [6.07, 6.45) is 2.83. The Morgan fingerprint density at radius 3 is 2.44 bits per heavy atom. The van der Waals surface area contributed by atoms with Crippen LogP contribution in [0.1, 0.15) is 12.0 Å². The fourth-order valence-corrected chi connectivity index (χ4v) is 1.81. The predicted molar refractivity (Wildman–Crippen MR) is 71.2 cm³/mol. The van der Waals surface area contributed by atoms with E-state index < -0.39 is 0 Å². The summed E-state index contributed by atoms with van der Waals surface area (Å²) in [7, 11) is 4.27. The molecule has 88 valence electrons. The molecule has 0 aromatic heterocycles. The molecule has 0 aliphatic carbocycles. The summed E-state index contributed by atoms with van der Waals surface area (Å²) in [6, 6.07) is 5.47. The minimum Gasteiger partial charge on any atom is -0.340 e. The van der Waals surface area contributed by atoms with Crippen molar-refractivity contribution in [3.63, 3.8) is 0 Å². The van der Waals surface area contributed by atoms with E-state index in [0.717, 1.165) is 25.1 Å². The maximum atomic E-state index is 6.01. The molecule has 0 fully saturated rings. The first-order valence-corrected chi connectivity index (χ1v) is 6.09. The van der Waals surface area contributed by atoms with Gasteiger partial charge >= 0.3 is 0 Å². The quantitative estimate of drug-likeness (QED) is 0.615. The van der Waals surface area contributed by atoms with Gasteiger partial charge in [-0.15, -0.1) is 0 Å². The summed E-state index contributed by atoms with van der Waals surface area (Å²) in [5.41, 5.74) is 0.808. The van der Waals surface area contributed by atoms with Crippen molar-refractivity contribution in [2.24, 2.45) is 4.99 Å². The average Bonchev–Trinajstić information content (AvgIpc) is 2.21. The molecule has 1 aromatic rings. The first kappa shape index (κ1) is 13.5. The van der Waals surface area contributed by atoms with Gasteiger partial charge in [0.15, 0.2) is 0 Å². The zero-order chi connectivity index (χ0) is 12.0. The van der Waals surface area contributed by atoms with E-state index in [1.807, 2.05) is 18.2 Å². The number of halogens is 2. The summed E-state index contributed by atoms with van der Waals surface area (Å²) in [5, 5.41) is 1.30. The second kappa shape index (κ2) is 6.89. The number of nitrogens with one attached hydrogen (secondary N) is 1. The molecule has 16 heavy (non-hydrogen) atoms. The van der Waals surface area contributed by atoms with Gasteiger partial charge in [0.25, 0.3) is 0 Å². The number of rotatable bonds is 5. The van der Waals surface area contributed by atoms with Crippen molar-refractivity contribution in [3.8, 4) is 0 Å². The summed E-state index contributed by atoms with van der Waals surface area (Å²) in [5.74, 6) is 0. The number of hydrogen-bond acceptors (Lipinski definition) is 1. The zero-order valence-electron chi connectivity index (χ0n) is 9.63. The smallest absolute Gasteiger partial charge is 0.0784 e. The van der Waals surface area contributed by atoms with Gasteiger partial charge in [-0.1, -0.05) is 29.3 Å². The van der Waals surface area contributed by atoms with Gasteiger partial charge in [0.2, 0.25) is 0 Å². The van der Waals surface area contributed by atoms with E-state index in [2.05, 4.69) is 19.1 Å². The van der Waals surface area contributed by atoms with Crippen molar-refractivity contribution < 1.29 is 4.90 Å². The number of nitrogens with zero attached hydrogens (tertiary/aromatic N) is 1. The minimum atomic E-state index is 0.648. The highest BCUT2D eigenvalue weighted by Crippen LogP contribution is 2.22. The van der Waals surface area contributed by atoms with Gasteiger partial charge in [-0.05, 0) is 12.1 Å². The Hall–Kier alpha value is -0.570. The molecule has 0 saturated heterocycles. The van der Waals surface area contributed by atoms with Crippen LogP contribution in [0, 0.1) is 0 Å². The van der Waals surface area contributed by atoms with Crippen LogP contribution in [-0.4, -0.2) is 33.4 Å². The summed E-state index contributed by atoms with van der Waals surface area (Å²) in [4.78, 5) is 5.76. The third-order valence-corrected chi connectivity index (χ3v) is 2.84.